The lowest BCUT2D eigenvalue weighted by molar-refractivity contribution is 0.135. The van der Waals surface area contributed by atoms with Crippen LogP contribution in [0.5, 0.6) is 17.2 Å². The van der Waals surface area contributed by atoms with Gasteiger partial charge in [0.1, 0.15) is 23.4 Å². The van der Waals surface area contributed by atoms with E-state index in [2.05, 4.69) is 100 Å². The number of hydrogen-bond acceptors (Lipinski definition) is 3. The van der Waals surface area contributed by atoms with Gasteiger partial charge in [-0.1, -0.05) is 186 Å². The number of ether oxygens (including phenoxy) is 3. The maximum Gasteiger partial charge on any atom is 0.124 e. The summed E-state index contributed by atoms with van der Waals surface area (Å²) >= 11 is 0. The van der Waals surface area contributed by atoms with Crippen LogP contribution in [0.1, 0.15) is 173 Å². The minimum atomic E-state index is -0.422. The fourth-order valence-electron chi connectivity index (χ4n) is 7.90. The number of rotatable bonds is 27. The van der Waals surface area contributed by atoms with Gasteiger partial charge >= 0.3 is 0 Å². The molecule has 3 heteroatoms. The van der Waals surface area contributed by atoms with E-state index in [1.807, 2.05) is 0 Å². The monoisotopic (exact) mass is 683 g/mol. The van der Waals surface area contributed by atoms with Crippen LogP contribution >= 0.6 is 0 Å². The topological polar surface area (TPSA) is 27.7 Å². The molecule has 0 amide bonds. The Bertz CT molecular complexity index is 1230. The standard InChI is InChI=1S/C47H70O3/c1-5-7-9-11-13-15-17-19-21-25-37-48-42-33-29-40(30-34-42)47(44-27-23-24-28-45(44)50-46(47)39(3)4)41-31-35-43(36-32-41)49-38-26-22-20-18-16-14-12-10-8-6-2/h23-24,27-36,39,46H,5-22,25-26,37-38H2,1-4H3. The number of para-hydroxylation sites is 1. The predicted molar refractivity (Wildman–Crippen MR) is 213 cm³/mol. The molecule has 0 spiro atoms. The van der Waals surface area contributed by atoms with Crippen molar-refractivity contribution < 1.29 is 14.2 Å². The van der Waals surface area contributed by atoms with Crippen molar-refractivity contribution in [1.29, 1.82) is 0 Å². The van der Waals surface area contributed by atoms with Gasteiger partial charge < -0.3 is 14.2 Å². The summed E-state index contributed by atoms with van der Waals surface area (Å²) in [4.78, 5) is 0. The highest BCUT2D eigenvalue weighted by Crippen LogP contribution is 2.54. The Morgan fingerprint density at radius 2 is 0.880 bits per heavy atom. The van der Waals surface area contributed by atoms with Gasteiger partial charge in [0.15, 0.2) is 0 Å². The molecule has 1 aliphatic rings. The van der Waals surface area contributed by atoms with Gasteiger partial charge in [-0.15, -0.1) is 0 Å². The molecular weight excluding hydrogens is 613 g/mol. The third kappa shape index (κ3) is 11.8. The number of fused-ring (bicyclic) bond motifs is 1. The maximum atomic E-state index is 6.78. The molecule has 50 heavy (non-hydrogen) atoms. The molecule has 0 bridgehead atoms. The minimum absolute atomic E-state index is 0.0308. The van der Waals surface area contributed by atoms with Gasteiger partial charge in [0.2, 0.25) is 0 Å². The summed E-state index contributed by atoms with van der Waals surface area (Å²) in [5.41, 5.74) is 3.30. The van der Waals surface area contributed by atoms with Crippen molar-refractivity contribution in [2.24, 2.45) is 5.92 Å². The average Bonchev–Trinajstić information content (AvgIpc) is 3.50. The minimum Gasteiger partial charge on any atom is -0.494 e. The van der Waals surface area contributed by atoms with Gasteiger partial charge in [0.25, 0.3) is 0 Å². The molecule has 0 aliphatic carbocycles. The summed E-state index contributed by atoms with van der Waals surface area (Å²) in [6.07, 6.45) is 26.7. The molecule has 0 radical (unpaired) electrons. The zero-order valence-corrected chi connectivity index (χ0v) is 32.4. The van der Waals surface area contributed by atoms with Crippen molar-refractivity contribution >= 4 is 0 Å². The van der Waals surface area contributed by atoms with Crippen molar-refractivity contribution in [3.05, 3.63) is 89.5 Å². The predicted octanol–water partition coefficient (Wildman–Crippen LogP) is 14.0. The molecule has 0 N–H and O–H groups in total. The van der Waals surface area contributed by atoms with Crippen LogP contribution in [0, 0.1) is 5.92 Å². The van der Waals surface area contributed by atoms with Gasteiger partial charge in [0.05, 0.1) is 18.6 Å². The SMILES string of the molecule is CCCCCCCCCCCCOc1ccc(C2(c3ccc(OCCCCCCCCCCCC)cc3)c3ccccc3OC2C(C)C)cc1. The highest BCUT2D eigenvalue weighted by Gasteiger charge is 2.52. The fraction of sp³-hybridized carbons (Fsp3) is 0.617. The highest BCUT2D eigenvalue weighted by atomic mass is 16.5. The van der Waals surface area contributed by atoms with Crippen LogP contribution in [0.2, 0.25) is 0 Å². The Morgan fingerprint density at radius 3 is 1.28 bits per heavy atom. The van der Waals surface area contributed by atoms with Gasteiger partial charge in [-0.2, -0.15) is 0 Å². The quantitative estimate of drug-likeness (QED) is 0.0749. The Morgan fingerprint density at radius 1 is 0.500 bits per heavy atom. The normalized spacial score (nSPS) is 14.9. The molecule has 0 fully saturated rings. The first kappa shape index (κ1) is 39.8. The van der Waals surface area contributed by atoms with E-state index in [9.17, 15) is 0 Å². The van der Waals surface area contributed by atoms with Gasteiger partial charge in [-0.25, -0.2) is 0 Å². The Labute approximate surface area is 306 Å². The van der Waals surface area contributed by atoms with Crippen LogP contribution in [0.4, 0.5) is 0 Å². The zero-order valence-electron chi connectivity index (χ0n) is 32.4. The molecule has 3 aromatic carbocycles. The molecule has 276 valence electrons. The number of hydrogen-bond donors (Lipinski definition) is 0. The van der Waals surface area contributed by atoms with E-state index in [1.54, 1.807) is 0 Å². The summed E-state index contributed by atoms with van der Waals surface area (Å²) in [5, 5.41) is 0. The number of unbranched alkanes of at least 4 members (excludes halogenated alkanes) is 18. The van der Waals surface area contributed by atoms with E-state index in [0.29, 0.717) is 5.92 Å². The lowest BCUT2D eigenvalue weighted by Gasteiger charge is -2.38. The summed E-state index contributed by atoms with van der Waals surface area (Å²) < 4.78 is 19.3. The number of benzene rings is 3. The first-order chi connectivity index (χ1) is 24.6. The third-order valence-electron chi connectivity index (χ3n) is 10.8. The molecule has 0 aromatic heterocycles. The molecule has 3 aromatic rings. The molecule has 4 rings (SSSR count). The van der Waals surface area contributed by atoms with Crippen LogP contribution < -0.4 is 14.2 Å². The molecule has 0 saturated carbocycles. The van der Waals surface area contributed by atoms with E-state index in [0.717, 1.165) is 43.3 Å². The van der Waals surface area contributed by atoms with E-state index in [-0.39, 0.29) is 6.10 Å². The van der Waals surface area contributed by atoms with Crippen LogP contribution in [-0.4, -0.2) is 19.3 Å². The highest BCUT2D eigenvalue weighted by molar-refractivity contribution is 5.61. The van der Waals surface area contributed by atoms with E-state index in [4.69, 9.17) is 14.2 Å². The van der Waals surface area contributed by atoms with Gasteiger partial charge in [-0.3, -0.25) is 0 Å². The Kier molecular flexibility index (Phi) is 18.2. The molecule has 1 aliphatic heterocycles. The lowest BCUT2D eigenvalue weighted by atomic mass is 9.64. The molecule has 1 unspecified atom stereocenters. The van der Waals surface area contributed by atoms with Crippen molar-refractivity contribution in [2.45, 2.75) is 168 Å². The zero-order chi connectivity index (χ0) is 35.3. The summed E-state index contributed by atoms with van der Waals surface area (Å²) in [5.74, 6) is 3.18. The maximum absolute atomic E-state index is 6.78. The molecule has 1 heterocycles. The van der Waals surface area contributed by atoms with E-state index < -0.39 is 5.41 Å². The largest absolute Gasteiger partial charge is 0.494 e. The Balaban J connectivity index is 1.34. The smallest absolute Gasteiger partial charge is 0.124 e. The summed E-state index contributed by atoms with van der Waals surface area (Å²) in [6, 6.07) is 26.3. The second-order valence-electron chi connectivity index (χ2n) is 15.2. The molecule has 1 atom stereocenters. The first-order valence-electron chi connectivity index (χ1n) is 20.8. The first-order valence-corrected chi connectivity index (χ1v) is 20.8. The van der Waals surface area contributed by atoms with Crippen molar-refractivity contribution in [2.75, 3.05) is 13.2 Å². The summed E-state index contributed by atoms with van der Waals surface area (Å²) in [7, 11) is 0. The summed E-state index contributed by atoms with van der Waals surface area (Å²) in [6.45, 7) is 10.7. The van der Waals surface area contributed by atoms with Crippen molar-refractivity contribution in [3.8, 4) is 17.2 Å². The van der Waals surface area contributed by atoms with Crippen LogP contribution in [0.25, 0.3) is 0 Å². The van der Waals surface area contributed by atoms with Crippen LogP contribution in [-0.2, 0) is 5.41 Å². The second kappa shape index (κ2) is 22.8. The molecule has 0 saturated heterocycles. The second-order valence-corrected chi connectivity index (χ2v) is 15.2. The van der Waals surface area contributed by atoms with Crippen LogP contribution in [0.3, 0.4) is 0 Å². The fourth-order valence-corrected chi connectivity index (χ4v) is 7.90. The van der Waals surface area contributed by atoms with Gasteiger partial charge in [-0.05, 0) is 60.2 Å². The third-order valence-corrected chi connectivity index (χ3v) is 10.8. The Hall–Kier alpha value is -2.94. The van der Waals surface area contributed by atoms with E-state index >= 15 is 0 Å². The molecule has 3 nitrogen and oxygen atoms in total. The lowest BCUT2D eigenvalue weighted by Crippen LogP contribution is -2.43. The van der Waals surface area contributed by atoms with E-state index in [1.165, 1.54) is 132 Å². The van der Waals surface area contributed by atoms with Crippen molar-refractivity contribution in [1.82, 2.24) is 0 Å². The van der Waals surface area contributed by atoms with Crippen LogP contribution in [0.15, 0.2) is 72.8 Å². The van der Waals surface area contributed by atoms with Gasteiger partial charge in [0, 0.05) is 5.56 Å². The van der Waals surface area contributed by atoms with Crippen molar-refractivity contribution in [3.63, 3.8) is 0 Å². The average molecular weight is 683 g/mol. The molecular formula is C47H70O3.